The molecule has 94 valence electrons. The SMILES string of the molecule is CC(C)CNCCOCC=Cc1ccccc1. The van der Waals surface area contributed by atoms with E-state index in [1.54, 1.807) is 0 Å². The topological polar surface area (TPSA) is 21.3 Å². The number of hydrogen-bond donors (Lipinski definition) is 1. The van der Waals surface area contributed by atoms with Gasteiger partial charge < -0.3 is 10.1 Å². The molecule has 0 heterocycles. The van der Waals surface area contributed by atoms with Crippen molar-refractivity contribution in [1.82, 2.24) is 5.32 Å². The van der Waals surface area contributed by atoms with Crippen molar-refractivity contribution >= 4 is 6.08 Å². The second-order valence-corrected chi connectivity index (χ2v) is 4.49. The molecule has 1 rings (SSSR count). The van der Waals surface area contributed by atoms with Gasteiger partial charge in [0.25, 0.3) is 0 Å². The Hall–Kier alpha value is -1.12. The van der Waals surface area contributed by atoms with Crippen LogP contribution in [0.2, 0.25) is 0 Å². The van der Waals surface area contributed by atoms with Crippen LogP contribution in [0.5, 0.6) is 0 Å². The van der Waals surface area contributed by atoms with Crippen molar-refractivity contribution < 1.29 is 4.74 Å². The van der Waals surface area contributed by atoms with Gasteiger partial charge in [0.2, 0.25) is 0 Å². The van der Waals surface area contributed by atoms with Crippen molar-refractivity contribution in [2.24, 2.45) is 5.92 Å². The lowest BCUT2D eigenvalue weighted by molar-refractivity contribution is 0.163. The zero-order chi connectivity index (χ0) is 12.3. The Labute approximate surface area is 105 Å². The highest BCUT2D eigenvalue weighted by Gasteiger charge is 1.91. The molecule has 0 amide bonds. The first-order valence-electron chi connectivity index (χ1n) is 6.29. The number of benzene rings is 1. The largest absolute Gasteiger partial charge is 0.376 e. The molecule has 0 spiro atoms. The molecule has 0 aromatic heterocycles. The van der Waals surface area contributed by atoms with Gasteiger partial charge in [-0.2, -0.15) is 0 Å². The number of nitrogens with one attached hydrogen (secondary N) is 1. The molecule has 1 N–H and O–H groups in total. The standard InChI is InChI=1S/C15H23NO/c1-14(2)13-16-10-12-17-11-6-9-15-7-4-3-5-8-15/h3-9,14,16H,10-13H2,1-2H3. The molecule has 1 aromatic rings. The van der Waals surface area contributed by atoms with E-state index in [9.17, 15) is 0 Å². The minimum atomic E-state index is 0.679. The van der Waals surface area contributed by atoms with E-state index in [1.807, 2.05) is 18.2 Å². The van der Waals surface area contributed by atoms with Gasteiger partial charge in [0.1, 0.15) is 0 Å². The average molecular weight is 233 g/mol. The first kappa shape index (κ1) is 13.9. The third kappa shape index (κ3) is 7.72. The Kier molecular flexibility index (Phi) is 7.35. The number of ether oxygens (including phenoxy) is 1. The molecular formula is C15H23NO. The van der Waals surface area contributed by atoms with Gasteiger partial charge in [-0.3, -0.25) is 0 Å². The molecule has 0 aliphatic heterocycles. The molecule has 0 aliphatic rings. The van der Waals surface area contributed by atoms with Crippen molar-refractivity contribution in [3.8, 4) is 0 Å². The van der Waals surface area contributed by atoms with Gasteiger partial charge in [-0.25, -0.2) is 0 Å². The lowest BCUT2D eigenvalue weighted by atomic mass is 10.2. The fourth-order valence-corrected chi connectivity index (χ4v) is 1.43. The van der Waals surface area contributed by atoms with Crippen molar-refractivity contribution in [1.29, 1.82) is 0 Å². The van der Waals surface area contributed by atoms with E-state index >= 15 is 0 Å². The highest BCUT2D eigenvalue weighted by molar-refractivity contribution is 5.48. The quantitative estimate of drug-likeness (QED) is 0.697. The average Bonchev–Trinajstić information content (AvgIpc) is 2.33. The third-order valence-electron chi connectivity index (χ3n) is 2.30. The molecule has 0 saturated carbocycles. The van der Waals surface area contributed by atoms with Crippen LogP contribution in [-0.4, -0.2) is 26.3 Å². The summed E-state index contributed by atoms with van der Waals surface area (Å²) in [6.07, 6.45) is 4.14. The Morgan fingerprint density at radius 1 is 1.24 bits per heavy atom. The lowest BCUT2D eigenvalue weighted by Gasteiger charge is -2.06. The monoisotopic (exact) mass is 233 g/mol. The van der Waals surface area contributed by atoms with E-state index in [1.165, 1.54) is 5.56 Å². The Morgan fingerprint density at radius 3 is 2.71 bits per heavy atom. The van der Waals surface area contributed by atoms with Crippen LogP contribution in [0.4, 0.5) is 0 Å². The molecule has 0 bridgehead atoms. The fraction of sp³-hybridized carbons (Fsp3) is 0.467. The first-order chi connectivity index (χ1) is 8.29. The van der Waals surface area contributed by atoms with Crippen LogP contribution in [0.1, 0.15) is 19.4 Å². The summed E-state index contributed by atoms with van der Waals surface area (Å²) in [5.74, 6) is 0.702. The normalized spacial score (nSPS) is 11.5. The van der Waals surface area contributed by atoms with Gasteiger partial charge in [-0.05, 0) is 18.0 Å². The molecule has 0 unspecified atom stereocenters. The predicted octanol–water partition coefficient (Wildman–Crippen LogP) is 2.96. The van der Waals surface area contributed by atoms with Crippen LogP contribution < -0.4 is 5.32 Å². The molecule has 0 saturated heterocycles. The summed E-state index contributed by atoms with van der Waals surface area (Å²) in [4.78, 5) is 0. The lowest BCUT2D eigenvalue weighted by Crippen LogP contribution is -2.23. The van der Waals surface area contributed by atoms with Gasteiger partial charge >= 0.3 is 0 Å². The highest BCUT2D eigenvalue weighted by Crippen LogP contribution is 2.00. The summed E-state index contributed by atoms with van der Waals surface area (Å²) in [6, 6.07) is 10.3. The Bertz CT molecular complexity index is 306. The molecule has 2 heteroatoms. The summed E-state index contributed by atoms with van der Waals surface area (Å²) in [5, 5.41) is 3.34. The molecule has 2 nitrogen and oxygen atoms in total. The van der Waals surface area contributed by atoms with Crippen LogP contribution in [0.25, 0.3) is 6.08 Å². The van der Waals surface area contributed by atoms with Crippen LogP contribution in [-0.2, 0) is 4.74 Å². The summed E-state index contributed by atoms with van der Waals surface area (Å²) >= 11 is 0. The second-order valence-electron chi connectivity index (χ2n) is 4.49. The van der Waals surface area contributed by atoms with E-state index in [4.69, 9.17) is 4.74 Å². The maximum atomic E-state index is 5.49. The maximum absolute atomic E-state index is 5.49. The minimum Gasteiger partial charge on any atom is -0.376 e. The van der Waals surface area contributed by atoms with Crippen LogP contribution >= 0.6 is 0 Å². The second kappa shape index (κ2) is 8.97. The molecule has 1 aromatic carbocycles. The molecule has 0 radical (unpaired) electrons. The summed E-state index contributed by atoms with van der Waals surface area (Å²) in [6.45, 7) is 7.84. The maximum Gasteiger partial charge on any atom is 0.0651 e. The number of rotatable bonds is 8. The van der Waals surface area contributed by atoms with E-state index in [0.29, 0.717) is 12.5 Å². The third-order valence-corrected chi connectivity index (χ3v) is 2.30. The van der Waals surface area contributed by atoms with Crippen LogP contribution in [0.15, 0.2) is 36.4 Å². The fourth-order valence-electron chi connectivity index (χ4n) is 1.43. The van der Waals surface area contributed by atoms with Gasteiger partial charge in [0.15, 0.2) is 0 Å². The van der Waals surface area contributed by atoms with E-state index < -0.39 is 0 Å². The number of hydrogen-bond acceptors (Lipinski definition) is 2. The van der Waals surface area contributed by atoms with Crippen molar-refractivity contribution in [3.05, 3.63) is 42.0 Å². The van der Waals surface area contributed by atoms with Gasteiger partial charge in [0.05, 0.1) is 13.2 Å². The van der Waals surface area contributed by atoms with Gasteiger partial charge in [0, 0.05) is 6.54 Å². The molecule has 0 atom stereocenters. The highest BCUT2D eigenvalue weighted by atomic mass is 16.5. The van der Waals surface area contributed by atoms with Crippen molar-refractivity contribution in [2.45, 2.75) is 13.8 Å². The Balaban J connectivity index is 1.99. The summed E-state index contributed by atoms with van der Waals surface area (Å²) < 4.78 is 5.49. The van der Waals surface area contributed by atoms with E-state index in [-0.39, 0.29) is 0 Å². The van der Waals surface area contributed by atoms with Crippen LogP contribution in [0.3, 0.4) is 0 Å². The molecule has 17 heavy (non-hydrogen) atoms. The summed E-state index contributed by atoms with van der Waals surface area (Å²) in [7, 11) is 0. The van der Waals surface area contributed by atoms with Crippen molar-refractivity contribution in [2.75, 3.05) is 26.3 Å². The zero-order valence-corrected chi connectivity index (χ0v) is 10.9. The van der Waals surface area contributed by atoms with E-state index in [2.05, 4.69) is 43.4 Å². The Morgan fingerprint density at radius 2 is 2.00 bits per heavy atom. The van der Waals surface area contributed by atoms with Gasteiger partial charge in [-0.15, -0.1) is 0 Å². The summed E-state index contributed by atoms with van der Waals surface area (Å²) in [5.41, 5.74) is 1.22. The molecular weight excluding hydrogens is 210 g/mol. The smallest absolute Gasteiger partial charge is 0.0651 e. The van der Waals surface area contributed by atoms with Gasteiger partial charge in [-0.1, -0.05) is 56.3 Å². The van der Waals surface area contributed by atoms with E-state index in [0.717, 1.165) is 19.7 Å². The minimum absolute atomic E-state index is 0.679. The van der Waals surface area contributed by atoms with Crippen molar-refractivity contribution in [3.63, 3.8) is 0 Å². The first-order valence-corrected chi connectivity index (χ1v) is 6.29. The molecule has 0 fully saturated rings. The van der Waals surface area contributed by atoms with Crippen LogP contribution in [0, 0.1) is 5.92 Å². The molecule has 0 aliphatic carbocycles. The predicted molar refractivity (Wildman–Crippen MR) is 74.0 cm³/mol. The zero-order valence-electron chi connectivity index (χ0n) is 10.9.